The fourth-order valence-corrected chi connectivity index (χ4v) is 2.84. The highest BCUT2D eigenvalue weighted by Gasteiger charge is 2.28. The van der Waals surface area contributed by atoms with Gasteiger partial charge in [0.15, 0.2) is 0 Å². The zero-order chi connectivity index (χ0) is 15.4. The summed E-state index contributed by atoms with van der Waals surface area (Å²) in [5, 5.41) is 0. The van der Waals surface area contributed by atoms with Gasteiger partial charge in [-0.15, -0.1) is 0 Å². The van der Waals surface area contributed by atoms with Gasteiger partial charge in [0.1, 0.15) is 5.75 Å². The van der Waals surface area contributed by atoms with Crippen molar-refractivity contribution in [2.45, 2.75) is 12.8 Å². The largest absolute Gasteiger partial charge is 0.496 e. The first-order valence-corrected chi connectivity index (χ1v) is 7.49. The van der Waals surface area contributed by atoms with Crippen LogP contribution in [-0.2, 0) is 4.79 Å². The number of hydrazine groups is 1. The molecule has 1 aliphatic heterocycles. The van der Waals surface area contributed by atoms with E-state index < -0.39 is 0 Å². The van der Waals surface area contributed by atoms with Gasteiger partial charge in [-0.3, -0.25) is 15.0 Å². The maximum atomic E-state index is 12.6. The van der Waals surface area contributed by atoms with Gasteiger partial charge in [0.2, 0.25) is 5.91 Å². The van der Waals surface area contributed by atoms with Crippen molar-refractivity contribution >= 4 is 27.7 Å². The third kappa shape index (κ3) is 3.54. The number of amides is 2. The highest BCUT2D eigenvalue weighted by atomic mass is 79.9. The van der Waals surface area contributed by atoms with Crippen molar-refractivity contribution in [3.63, 3.8) is 0 Å². The number of methoxy groups -OCH3 is 1. The van der Waals surface area contributed by atoms with E-state index in [2.05, 4.69) is 21.4 Å². The number of rotatable bonds is 3. The van der Waals surface area contributed by atoms with E-state index in [-0.39, 0.29) is 17.7 Å². The lowest BCUT2D eigenvalue weighted by Gasteiger charge is -2.31. The predicted octanol–water partition coefficient (Wildman–Crippen LogP) is 1.30. The van der Waals surface area contributed by atoms with Crippen LogP contribution in [0.2, 0.25) is 0 Å². The molecule has 2 amide bonds. The van der Waals surface area contributed by atoms with Gasteiger partial charge in [-0.05, 0) is 31.0 Å². The highest BCUT2D eigenvalue weighted by Crippen LogP contribution is 2.26. The quantitative estimate of drug-likeness (QED) is 0.486. The van der Waals surface area contributed by atoms with Crippen LogP contribution in [0.1, 0.15) is 23.2 Å². The number of halogens is 1. The van der Waals surface area contributed by atoms with Crippen molar-refractivity contribution in [2.24, 2.45) is 11.8 Å². The minimum absolute atomic E-state index is 0.0836. The molecule has 0 bridgehead atoms. The van der Waals surface area contributed by atoms with Crippen LogP contribution in [0.3, 0.4) is 0 Å². The molecule has 1 aromatic carbocycles. The van der Waals surface area contributed by atoms with E-state index in [1.165, 1.54) is 7.11 Å². The fourth-order valence-electron chi connectivity index (χ4n) is 2.48. The van der Waals surface area contributed by atoms with Crippen molar-refractivity contribution in [3.8, 4) is 5.75 Å². The molecule has 6 nitrogen and oxygen atoms in total. The maximum Gasteiger partial charge on any atom is 0.257 e. The van der Waals surface area contributed by atoms with Gasteiger partial charge in [-0.25, -0.2) is 5.84 Å². The molecule has 7 heteroatoms. The molecule has 0 spiro atoms. The number of hydrogen-bond donors (Lipinski definition) is 2. The number of benzene rings is 1. The van der Waals surface area contributed by atoms with Crippen LogP contribution >= 0.6 is 15.9 Å². The van der Waals surface area contributed by atoms with Crippen molar-refractivity contribution in [1.29, 1.82) is 0 Å². The number of nitrogens with one attached hydrogen (secondary N) is 1. The van der Waals surface area contributed by atoms with E-state index in [9.17, 15) is 9.59 Å². The fraction of sp³-hybridized carbons (Fsp3) is 0.429. The first kappa shape index (κ1) is 15.8. The van der Waals surface area contributed by atoms with Gasteiger partial charge in [-0.1, -0.05) is 15.9 Å². The second-order valence-corrected chi connectivity index (χ2v) is 5.84. The van der Waals surface area contributed by atoms with E-state index in [1.54, 1.807) is 17.0 Å². The predicted molar refractivity (Wildman–Crippen MR) is 81.7 cm³/mol. The number of piperidine rings is 1. The lowest BCUT2D eigenvalue weighted by Crippen LogP contribution is -2.44. The Morgan fingerprint density at radius 1 is 1.38 bits per heavy atom. The Hall–Kier alpha value is -1.60. The lowest BCUT2D eigenvalue weighted by atomic mass is 9.95. The molecule has 2 rings (SSSR count). The molecule has 1 saturated heterocycles. The molecule has 1 fully saturated rings. The first-order chi connectivity index (χ1) is 10.1. The van der Waals surface area contributed by atoms with Crippen LogP contribution in [0.25, 0.3) is 0 Å². The van der Waals surface area contributed by atoms with Gasteiger partial charge < -0.3 is 9.64 Å². The van der Waals surface area contributed by atoms with Crippen LogP contribution in [0.5, 0.6) is 5.75 Å². The Morgan fingerprint density at radius 3 is 2.62 bits per heavy atom. The average molecular weight is 356 g/mol. The SMILES string of the molecule is COc1ccc(Br)cc1C(=O)N1CCC(C(=O)NN)CC1. The summed E-state index contributed by atoms with van der Waals surface area (Å²) in [6.45, 7) is 1.07. The summed E-state index contributed by atoms with van der Waals surface area (Å²) in [4.78, 5) is 25.8. The molecule has 1 aromatic rings. The Bertz CT molecular complexity index is 542. The molecule has 0 aliphatic carbocycles. The molecule has 3 N–H and O–H groups in total. The van der Waals surface area contributed by atoms with Gasteiger partial charge in [0, 0.05) is 23.5 Å². The number of carbonyl (C=O) groups excluding carboxylic acids is 2. The third-order valence-corrected chi connectivity index (χ3v) is 4.18. The van der Waals surface area contributed by atoms with Crippen LogP contribution < -0.4 is 16.0 Å². The minimum atomic E-state index is -0.165. The minimum Gasteiger partial charge on any atom is -0.496 e. The Balaban J connectivity index is 2.09. The summed E-state index contributed by atoms with van der Waals surface area (Å²) in [7, 11) is 1.54. The third-order valence-electron chi connectivity index (χ3n) is 3.69. The van der Waals surface area contributed by atoms with Gasteiger partial charge in [0.25, 0.3) is 5.91 Å². The number of likely N-dealkylation sites (tertiary alicyclic amines) is 1. The van der Waals surface area contributed by atoms with Crippen LogP contribution in [0.4, 0.5) is 0 Å². The summed E-state index contributed by atoms with van der Waals surface area (Å²) in [6, 6.07) is 5.33. The van der Waals surface area contributed by atoms with Crippen molar-refractivity contribution < 1.29 is 14.3 Å². The summed E-state index contributed by atoms with van der Waals surface area (Å²) in [5.41, 5.74) is 2.69. The molecule has 0 radical (unpaired) electrons. The zero-order valence-corrected chi connectivity index (χ0v) is 13.4. The number of ether oxygens (including phenoxy) is 1. The molecule has 21 heavy (non-hydrogen) atoms. The summed E-state index contributed by atoms with van der Waals surface area (Å²) >= 11 is 3.36. The second-order valence-electron chi connectivity index (χ2n) is 4.92. The average Bonchev–Trinajstić information content (AvgIpc) is 2.53. The molecule has 1 aliphatic rings. The van der Waals surface area contributed by atoms with Crippen molar-refractivity contribution in [2.75, 3.05) is 20.2 Å². The second kappa shape index (κ2) is 6.91. The first-order valence-electron chi connectivity index (χ1n) is 6.70. The summed E-state index contributed by atoms with van der Waals surface area (Å²) in [5.74, 6) is 5.32. The van der Waals surface area contributed by atoms with Crippen molar-refractivity contribution in [3.05, 3.63) is 28.2 Å². The van der Waals surface area contributed by atoms with Gasteiger partial charge in [0.05, 0.1) is 12.7 Å². The molecular weight excluding hydrogens is 338 g/mol. The molecule has 1 heterocycles. The molecule has 0 saturated carbocycles. The Labute approximate surface area is 131 Å². The lowest BCUT2D eigenvalue weighted by molar-refractivity contribution is -0.126. The summed E-state index contributed by atoms with van der Waals surface area (Å²) < 4.78 is 6.06. The molecule has 0 aromatic heterocycles. The Morgan fingerprint density at radius 2 is 2.05 bits per heavy atom. The van der Waals surface area contributed by atoms with E-state index >= 15 is 0 Å². The number of hydrogen-bond acceptors (Lipinski definition) is 4. The van der Waals surface area contributed by atoms with Gasteiger partial charge >= 0.3 is 0 Å². The number of carbonyl (C=O) groups is 2. The van der Waals surface area contributed by atoms with Gasteiger partial charge in [-0.2, -0.15) is 0 Å². The highest BCUT2D eigenvalue weighted by molar-refractivity contribution is 9.10. The monoisotopic (exact) mass is 355 g/mol. The zero-order valence-electron chi connectivity index (χ0n) is 11.8. The van der Waals surface area contributed by atoms with E-state index in [0.717, 1.165) is 4.47 Å². The normalized spacial score (nSPS) is 15.7. The number of nitrogens with zero attached hydrogens (tertiary/aromatic N) is 1. The number of nitrogens with two attached hydrogens (primary N) is 1. The van der Waals surface area contributed by atoms with Crippen LogP contribution in [0.15, 0.2) is 22.7 Å². The maximum absolute atomic E-state index is 12.6. The summed E-state index contributed by atoms with van der Waals surface area (Å²) in [6.07, 6.45) is 1.23. The smallest absolute Gasteiger partial charge is 0.257 e. The van der Waals surface area contributed by atoms with E-state index in [4.69, 9.17) is 10.6 Å². The molecular formula is C14H18BrN3O3. The topological polar surface area (TPSA) is 84.7 Å². The van der Waals surface area contributed by atoms with E-state index in [1.807, 2.05) is 6.07 Å². The standard InChI is InChI=1S/C14H18BrN3O3/c1-21-12-3-2-10(15)8-11(12)14(20)18-6-4-9(5-7-18)13(19)17-16/h2-3,8-9H,4-7,16H2,1H3,(H,17,19). The van der Waals surface area contributed by atoms with Crippen LogP contribution in [0, 0.1) is 5.92 Å². The van der Waals surface area contributed by atoms with Crippen molar-refractivity contribution in [1.82, 2.24) is 10.3 Å². The van der Waals surface area contributed by atoms with Crippen LogP contribution in [-0.4, -0.2) is 36.9 Å². The molecule has 0 unspecified atom stereocenters. The molecule has 0 atom stereocenters. The molecule has 114 valence electrons. The Kier molecular flexibility index (Phi) is 5.19. The van der Waals surface area contributed by atoms with E-state index in [0.29, 0.717) is 37.2 Å².